The van der Waals surface area contributed by atoms with Gasteiger partial charge in [0, 0.05) is 19.0 Å². The highest BCUT2D eigenvalue weighted by atomic mass is 32.1. The van der Waals surface area contributed by atoms with Crippen molar-refractivity contribution < 1.29 is 14.4 Å². The van der Waals surface area contributed by atoms with Gasteiger partial charge in [-0.1, -0.05) is 41.7 Å². The zero-order chi connectivity index (χ0) is 18.5. The molecule has 0 radical (unpaired) electrons. The molecular formula is C18H16N4O3S. The summed E-state index contributed by atoms with van der Waals surface area (Å²) < 4.78 is 0. The number of amides is 3. The molecule has 0 bridgehead atoms. The molecule has 1 N–H and O–H groups in total. The number of aromatic nitrogens is 2. The van der Waals surface area contributed by atoms with Crippen LogP contribution in [-0.4, -0.2) is 39.4 Å². The van der Waals surface area contributed by atoms with E-state index in [2.05, 4.69) is 15.5 Å². The van der Waals surface area contributed by atoms with Gasteiger partial charge in [0.15, 0.2) is 0 Å². The molecule has 0 saturated heterocycles. The summed E-state index contributed by atoms with van der Waals surface area (Å²) >= 11 is 1.21. The third-order valence-electron chi connectivity index (χ3n) is 3.68. The summed E-state index contributed by atoms with van der Waals surface area (Å²) in [6, 6.07) is 6.76. The molecule has 3 amide bonds. The van der Waals surface area contributed by atoms with Gasteiger partial charge in [-0.2, -0.15) is 0 Å². The molecule has 2 heterocycles. The van der Waals surface area contributed by atoms with E-state index < -0.39 is 0 Å². The van der Waals surface area contributed by atoms with E-state index in [1.807, 2.05) is 13.0 Å². The van der Waals surface area contributed by atoms with Crippen molar-refractivity contribution in [3.8, 4) is 0 Å². The summed E-state index contributed by atoms with van der Waals surface area (Å²) in [5.41, 5.74) is 0.853. The Morgan fingerprint density at radius 1 is 1.15 bits per heavy atom. The molecule has 0 unspecified atom stereocenters. The number of hydrogen-bond donors (Lipinski definition) is 1. The van der Waals surface area contributed by atoms with Gasteiger partial charge in [-0.25, -0.2) is 0 Å². The summed E-state index contributed by atoms with van der Waals surface area (Å²) in [5, 5.41) is 11.5. The molecule has 0 aliphatic carbocycles. The van der Waals surface area contributed by atoms with Gasteiger partial charge in [-0.05, 0) is 19.1 Å². The lowest BCUT2D eigenvalue weighted by Crippen LogP contribution is -2.31. The van der Waals surface area contributed by atoms with Gasteiger partial charge >= 0.3 is 0 Å². The Bertz CT molecular complexity index is 882. The van der Waals surface area contributed by atoms with Crippen LogP contribution in [0.25, 0.3) is 0 Å². The van der Waals surface area contributed by atoms with Gasteiger partial charge in [0.05, 0.1) is 11.1 Å². The molecule has 0 atom stereocenters. The largest absolute Gasteiger partial charge is 0.297 e. The van der Waals surface area contributed by atoms with E-state index in [1.165, 1.54) is 22.3 Å². The van der Waals surface area contributed by atoms with Crippen LogP contribution in [-0.2, 0) is 11.2 Å². The summed E-state index contributed by atoms with van der Waals surface area (Å²) in [4.78, 5) is 37.5. The highest BCUT2D eigenvalue weighted by molar-refractivity contribution is 7.15. The fourth-order valence-electron chi connectivity index (χ4n) is 2.46. The lowest BCUT2D eigenvalue weighted by Gasteiger charge is -2.11. The predicted molar refractivity (Wildman–Crippen MR) is 98.0 cm³/mol. The summed E-state index contributed by atoms with van der Waals surface area (Å²) in [6.45, 7) is 2.07. The Morgan fingerprint density at radius 3 is 2.50 bits per heavy atom. The molecular weight excluding hydrogens is 352 g/mol. The van der Waals surface area contributed by atoms with Crippen LogP contribution >= 0.6 is 11.3 Å². The van der Waals surface area contributed by atoms with Crippen LogP contribution < -0.4 is 5.32 Å². The number of nitrogens with one attached hydrogen (secondary N) is 1. The molecule has 8 heteroatoms. The van der Waals surface area contributed by atoms with Gasteiger partial charge in [-0.15, -0.1) is 10.2 Å². The number of fused-ring (bicyclic) bond motifs is 1. The van der Waals surface area contributed by atoms with Crippen molar-refractivity contribution in [3.63, 3.8) is 0 Å². The Balaban J connectivity index is 1.58. The quantitative estimate of drug-likeness (QED) is 0.480. The lowest BCUT2D eigenvalue weighted by molar-refractivity contribution is -0.111. The third kappa shape index (κ3) is 3.75. The first-order valence-corrected chi connectivity index (χ1v) is 8.79. The van der Waals surface area contributed by atoms with Gasteiger partial charge in [0.2, 0.25) is 11.0 Å². The molecule has 1 aliphatic rings. The SMILES string of the molecule is C/C=C/C=C/C(=O)Nc1nnc(CCN2C(=O)c3ccccc3C2=O)s1. The molecule has 1 aliphatic heterocycles. The van der Waals surface area contributed by atoms with Crippen LogP contribution in [0.4, 0.5) is 5.13 Å². The number of hydrogen-bond acceptors (Lipinski definition) is 6. The van der Waals surface area contributed by atoms with Crippen molar-refractivity contribution >= 4 is 34.2 Å². The minimum atomic E-state index is -0.300. The second-order valence-electron chi connectivity index (χ2n) is 5.43. The minimum absolute atomic E-state index is 0.218. The van der Waals surface area contributed by atoms with E-state index in [4.69, 9.17) is 0 Å². The Morgan fingerprint density at radius 2 is 1.85 bits per heavy atom. The van der Waals surface area contributed by atoms with E-state index in [9.17, 15) is 14.4 Å². The van der Waals surface area contributed by atoms with Crippen LogP contribution in [0.15, 0.2) is 48.6 Å². The first-order valence-electron chi connectivity index (χ1n) is 7.98. The van der Waals surface area contributed by atoms with Crippen molar-refractivity contribution in [1.29, 1.82) is 0 Å². The van der Waals surface area contributed by atoms with Crippen LogP contribution in [0.5, 0.6) is 0 Å². The molecule has 2 aromatic rings. The summed E-state index contributed by atoms with van der Waals surface area (Å²) in [6.07, 6.45) is 6.95. The minimum Gasteiger partial charge on any atom is -0.297 e. The number of rotatable bonds is 6. The van der Waals surface area contributed by atoms with Crippen molar-refractivity contribution in [1.82, 2.24) is 15.1 Å². The smallest absolute Gasteiger partial charge is 0.261 e. The van der Waals surface area contributed by atoms with E-state index in [0.717, 1.165) is 0 Å². The Kier molecular flexibility index (Phi) is 5.33. The summed E-state index contributed by atoms with van der Waals surface area (Å²) in [5.74, 6) is -0.887. The Labute approximate surface area is 154 Å². The number of benzene rings is 1. The molecule has 0 fully saturated rings. The molecule has 1 aromatic heterocycles. The third-order valence-corrected chi connectivity index (χ3v) is 4.57. The number of carbonyl (C=O) groups is 3. The first kappa shape index (κ1) is 17.7. The number of anilines is 1. The number of imide groups is 1. The molecule has 0 saturated carbocycles. The molecule has 132 valence electrons. The zero-order valence-electron chi connectivity index (χ0n) is 14.0. The van der Waals surface area contributed by atoms with E-state index >= 15 is 0 Å². The van der Waals surface area contributed by atoms with Crippen molar-refractivity contribution in [2.75, 3.05) is 11.9 Å². The molecule has 3 rings (SSSR count). The van der Waals surface area contributed by atoms with Crippen molar-refractivity contribution in [2.45, 2.75) is 13.3 Å². The first-order chi connectivity index (χ1) is 12.6. The molecule has 7 nitrogen and oxygen atoms in total. The number of carbonyl (C=O) groups excluding carboxylic acids is 3. The standard InChI is InChI=1S/C18H16N4O3S/c1-2-3-4-9-14(23)19-18-21-20-15(26-18)10-11-22-16(24)12-7-5-6-8-13(12)17(22)25/h2-9H,10-11H2,1H3,(H,19,21,23)/b3-2+,9-4+. The number of nitrogens with zero attached hydrogens (tertiary/aromatic N) is 3. The highest BCUT2D eigenvalue weighted by Crippen LogP contribution is 2.23. The van der Waals surface area contributed by atoms with E-state index in [-0.39, 0.29) is 24.3 Å². The summed E-state index contributed by atoms with van der Waals surface area (Å²) in [7, 11) is 0. The fraction of sp³-hybridized carbons (Fsp3) is 0.167. The van der Waals surface area contributed by atoms with Crippen LogP contribution in [0.1, 0.15) is 32.6 Å². The van der Waals surface area contributed by atoms with Gasteiger partial charge in [0.1, 0.15) is 5.01 Å². The maximum absolute atomic E-state index is 12.3. The highest BCUT2D eigenvalue weighted by Gasteiger charge is 2.34. The Hall–Kier alpha value is -3.13. The molecule has 0 spiro atoms. The topological polar surface area (TPSA) is 92.3 Å². The van der Waals surface area contributed by atoms with Gasteiger partial charge < -0.3 is 0 Å². The number of allylic oxidation sites excluding steroid dienone is 3. The second-order valence-corrected chi connectivity index (χ2v) is 6.49. The van der Waals surface area contributed by atoms with Crippen LogP contribution in [0, 0.1) is 0 Å². The normalized spacial score (nSPS) is 13.8. The molecule has 26 heavy (non-hydrogen) atoms. The van der Waals surface area contributed by atoms with Crippen LogP contribution in [0.3, 0.4) is 0 Å². The van der Waals surface area contributed by atoms with E-state index in [1.54, 1.807) is 36.4 Å². The molecule has 1 aromatic carbocycles. The van der Waals surface area contributed by atoms with Gasteiger partial charge in [0.25, 0.3) is 11.8 Å². The monoisotopic (exact) mass is 368 g/mol. The zero-order valence-corrected chi connectivity index (χ0v) is 14.8. The average molecular weight is 368 g/mol. The van der Waals surface area contributed by atoms with E-state index in [0.29, 0.717) is 27.7 Å². The average Bonchev–Trinajstić information content (AvgIpc) is 3.17. The van der Waals surface area contributed by atoms with Gasteiger partial charge in [-0.3, -0.25) is 24.6 Å². The lowest BCUT2D eigenvalue weighted by atomic mass is 10.1. The predicted octanol–water partition coefficient (Wildman–Crippen LogP) is 2.45. The fourth-order valence-corrected chi connectivity index (χ4v) is 3.19. The van der Waals surface area contributed by atoms with Crippen molar-refractivity contribution in [3.05, 3.63) is 64.7 Å². The second kappa shape index (κ2) is 7.83. The van der Waals surface area contributed by atoms with Crippen molar-refractivity contribution in [2.24, 2.45) is 0 Å². The maximum Gasteiger partial charge on any atom is 0.261 e. The maximum atomic E-state index is 12.3. The van der Waals surface area contributed by atoms with Crippen LogP contribution in [0.2, 0.25) is 0 Å².